The quantitative estimate of drug-likeness (QED) is 0.500. The van der Waals surface area contributed by atoms with Gasteiger partial charge in [0.2, 0.25) is 0 Å². The van der Waals surface area contributed by atoms with Gasteiger partial charge in [-0.15, -0.1) is 0 Å². The van der Waals surface area contributed by atoms with E-state index in [9.17, 15) is 4.79 Å². The first kappa shape index (κ1) is 15.6. The monoisotopic (exact) mass is 340 g/mol. The normalized spacial score (nSPS) is 13.1. The van der Waals surface area contributed by atoms with Crippen LogP contribution in [0.15, 0.2) is 0 Å². The van der Waals surface area contributed by atoms with Crippen molar-refractivity contribution in [2.24, 2.45) is 0 Å². The summed E-state index contributed by atoms with van der Waals surface area (Å²) >= 11 is 2.86. The van der Waals surface area contributed by atoms with Gasteiger partial charge in [0.1, 0.15) is 0 Å². The third-order valence-electron chi connectivity index (χ3n) is 2.78. The van der Waals surface area contributed by atoms with E-state index in [4.69, 9.17) is 5.11 Å². The summed E-state index contributed by atoms with van der Waals surface area (Å²) in [4.78, 5) is 10.6. The van der Waals surface area contributed by atoms with Crippen LogP contribution < -0.4 is 0 Å². The van der Waals surface area contributed by atoms with Gasteiger partial charge in [-0.3, -0.25) is 0 Å². The number of thiol groups is 1. The van der Waals surface area contributed by atoms with E-state index >= 15 is 0 Å². The number of hydrogen-bond acceptors (Lipinski definition) is 2. The van der Waals surface area contributed by atoms with Crippen molar-refractivity contribution in [2.75, 3.05) is 0 Å². The van der Waals surface area contributed by atoms with Gasteiger partial charge in [0.15, 0.2) is 0 Å². The summed E-state index contributed by atoms with van der Waals surface area (Å²) in [6.45, 7) is 4.40. The number of carboxylic acid groups (broad SMARTS) is 1. The Bertz CT molecular complexity index is 168. The van der Waals surface area contributed by atoms with Crippen LogP contribution in [0, 0.1) is 0 Å². The molecule has 0 aliphatic rings. The molecule has 0 rings (SSSR count). The van der Waals surface area contributed by atoms with Gasteiger partial charge in [0.25, 0.3) is 0 Å². The van der Waals surface area contributed by atoms with Gasteiger partial charge in [-0.1, -0.05) is 0 Å². The molecule has 0 aromatic heterocycles. The molecule has 0 fully saturated rings. The van der Waals surface area contributed by atoms with E-state index in [1.807, 2.05) is 0 Å². The molecule has 1 unspecified atom stereocenters. The molecule has 1 atom stereocenters. The van der Waals surface area contributed by atoms with Crippen molar-refractivity contribution in [3.05, 3.63) is 0 Å². The Morgan fingerprint density at radius 2 is 1.73 bits per heavy atom. The van der Waals surface area contributed by atoms with Crippen molar-refractivity contribution in [3.8, 4) is 0 Å². The maximum absolute atomic E-state index is 10.6. The Kier molecular flexibility index (Phi) is 10.2. The molecule has 0 saturated carbocycles. The molecule has 0 spiro atoms. The SMILES string of the molecule is CCC[CH2][SnH]([CH2]CCC)[CH](S)CC(=O)O. The fourth-order valence-electron chi connectivity index (χ4n) is 1.81. The first-order chi connectivity index (χ1) is 7.11. The summed E-state index contributed by atoms with van der Waals surface area (Å²) in [6.07, 6.45) is 5.31. The third kappa shape index (κ3) is 8.43. The van der Waals surface area contributed by atoms with Crippen LogP contribution in [0.25, 0.3) is 0 Å². The molecule has 0 saturated heterocycles. The molecular formula is C11H24O2SSn. The van der Waals surface area contributed by atoms with Crippen LogP contribution in [0.5, 0.6) is 0 Å². The number of unbranched alkanes of at least 4 members (excludes halogenated alkanes) is 2. The molecule has 0 heterocycles. The molecule has 0 radical (unpaired) electrons. The zero-order valence-electron chi connectivity index (χ0n) is 9.91. The topological polar surface area (TPSA) is 37.3 Å². The minimum absolute atomic E-state index is 0.238. The van der Waals surface area contributed by atoms with Crippen molar-refractivity contribution < 1.29 is 9.90 Å². The molecule has 90 valence electrons. The maximum atomic E-state index is 10.6. The van der Waals surface area contributed by atoms with E-state index in [0.29, 0.717) is 0 Å². The Balaban J connectivity index is 4.00. The van der Waals surface area contributed by atoms with E-state index in [1.54, 1.807) is 0 Å². The molecule has 0 aromatic carbocycles. The van der Waals surface area contributed by atoms with E-state index < -0.39 is 25.7 Å². The number of rotatable bonds is 9. The molecule has 15 heavy (non-hydrogen) atoms. The van der Waals surface area contributed by atoms with Crippen LogP contribution in [-0.4, -0.2) is 34.1 Å². The molecule has 0 aromatic rings. The van der Waals surface area contributed by atoms with Gasteiger partial charge in [0.05, 0.1) is 0 Å². The molecule has 0 amide bonds. The van der Waals surface area contributed by atoms with Crippen LogP contribution in [0.2, 0.25) is 8.87 Å². The zero-order valence-corrected chi connectivity index (χ0v) is 14.1. The van der Waals surface area contributed by atoms with Crippen LogP contribution >= 0.6 is 12.6 Å². The second-order valence-corrected chi connectivity index (χ2v) is 16.4. The van der Waals surface area contributed by atoms with Crippen molar-refractivity contribution in [2.45, 2.75) is 58.1 Å². The summed E-state index contributed by atoms with van der Waals surface area (Å²) in [7, 11) is 0. The predicted octanol–water partition coefficient (Wildman–Crippen LogP) is 3.13. The minimum atomic E-state index is -1.66. The fraction of sp³-hybridized carbons (Fsp3) is 0.909. The van der Waals surface area contributed by atoms with Gasteiger partial charge in [-0.2, -0.15) is 0 Å². The first-order valence-corrected chi connectivity index (χ1v) is 13.1. The summed E-state index contributed by atoms with van der Waals surface area (Å²) in [5.74, 6) is -0.676. The van der Waals surface area contributed by atoms with Gasteiger partial charge in [-0.25, -0.2) is 0 Å². The van der Waals surface area contributed by atoms with E-state index in [0.717, 1.165) is 0 Å². The van der Waals surface area contributed by atoms with Crippen LogP contribution in [0.1, 0.15) is 46.0 Å². The van der Waals surface area contributed by atoms with Gasteiger partial charge < -0.3 is 0 Å². The van der Waals surface area contributed by atoms with E-state index in [2.05, 4.69) is 26.5 Å². The summed E-state index contributed by atoms with van der Waals surface area (Å²) in [5, 5.41) is 8.77. The average Bonchev–Trinajstić information content (AvgIpc) is 2.17. The second kappa shape index (κ2) is 9.82. The number of hydrogen-bond donors (Lipinski definition) is 2. The Labute approximate surface area is 106 Å². The van der Waals surface area contributed by atoms with Crippen LogP contribution in [0.4, 0.5) is 0 Å². The number of aliphatic carboxylic acids is 1. The van der Waals surface area contributed by atoms with Crippen molar-refractivity contribution >= 4 is 38.4 Å². The van der Waals surface area contributed by atoms with Gasteiger partial charge in [-0.05, 0) is 0 Å². The van der Waals surface area contributed by atoms with Crippen molar-refractivity contribution in [1.29, 1.82) is 0 Å². The fourth-order valence-corrected chi connectivity index (χ4v) is 13.8. The molecule has 0 aliphatic carbocycles. The second-order valence-electron chi connectivity index (χ2n) is 4.21. The zero-order chi connectivity index (χ0) is 11.7. The van der Waals surface area contributed by atoms with Gasteiger partial charge >= 0.3 is 106 Å². The summed E-state index contributed by atoms with van der Waals surface area (Å²) in [5.41, 5.74) is 0. The Hall–Kier alpha value is 0.619. The Morgan fingerprint density at radius 3 is 2.07 bits per heavy atom. The summed E-state index contributed by atoms with van der Waals surface area (Å²) < 4.78 is 2.90. The average molecular weight is 339 g/mol. The number of carboxylic acids is 1. The molecule has 4 heteroatoms. The molecular weight excluding hydrogens is 315 g/mol. The number of carbonyl (C=O) groups is 1. The van der Waals surface area contributed by atoms with E-state index in [1.165, 1.54) is 34.6 Å². The third-order valence-corrected chi connectivity index (χ3v) is 16.1. The molecule has 0 aliphatic heterocycles. The predicted molar refractivity (Wildman–Crippen MR) is 71.6 cm³/mol. The van der Waals surface area contributed by atoms with Crippen LogP contribution in [-0.2, 0) is 4.79 Å². The summed E-state index contributed by atoms with van der Waals surface area (Å²) in [6, 6.07) is 0. The first-order valence-electron chi connectivity index (χ1n) is 6.01. The molecule has 2 nitrogen and oxygen atoms in total. The Morgan fingerprint density at radius 1 is 1.27 bits per heavy atom. The van der Waals surface area contributed by atoms with Gasteiger partial charge in [0, 0.05) is 0 Å². The standard InChI is InChI=1S/2C4H9.C3H5O2S.Sn.H/c2*1-3-4-2;4-3(5)1-2-6;;/h2*1,3-4H2,2H3;2,6H,1H2,(H,4,5);;. The van der Waals surface area contributed by atoms with Crippen molar-refractivity contribution in [1.82, 2.24) is 0 Å². The van der Waals surface area contributed by atoms with Crippen molar-refractivity contribution in [3.63, 3.8) is 0 Å². The van der Waals surface area contributed by atoms with E-state index in [-0.39, 0.29) is 9.69 Å². The van der Waals surface area contributed by atoms with Crippen LogP contribution in [0.3, 0.4) is 0 Å². The molecule has 1 N–H and O–H groups in total. The molecule has 0 bridgehead atoms.